The summed E-state index contributed by atoms with van der Waals surface area (Å²) in [5, 5.41) is 10.9. The number of aliphatic hydroxyl groups excluding tert-OH is 1. The highest BCUT2D eigenvalue weighted by Gasteiger charge is 2.39. The standard InChI is InChI=1S/C23H32N2O4/c1-23(2,3)10-16-11-25-6-5-15-7-22(29-13-17-12-28-14-24-17)21(27-4)8-18(15)19(25)9-20(16)26/h7-8,12,14,16,19-20,26H,5-6,9-11,13H2,1-4H3/t16-,19-,20-/m1/s1. The molecule has 1 fully saturated rings. The highest BCUT2D eigenvalue weighted by Crippen LogP contribution is 2.44. The predicted molar refractivity (Wildman–Crippen MR) is 110 cm³/mol. The molecule has 0 spiro atoms. The van der Waals surface area contributed by atoms with Gasteiger partial charge >= 0.3 is 0 Å². The van der Waals surface area contributed by atoms with E-state index in [0.717, 1.165) is 49.5 Å². The van der Waals surface area contributed by atoms with Gasteiger partial charge in [-0.25, -0.2) is 4.98 Å². The largest absolute Gasteiger partial charge is 0.493 e. The van der Waals surface area contributed by atoms with Crippen LogP contribution in [-0.4, -0.2) is 41.3 Å². The predicted octanol–water partition coefficient (Wildman–Crippen LogP) is 3.98. The van der Waals surface area contributed by atoms with Gasteiger partial charge in [0.1, 0.15) is 18.6 Å². The van der Waals surface area contributed by atoms with Crippen molar-refractivity contribution in [3.8, 4) is 11.5 Å². The number of benzene rings is 1. The Balaban J connectivity index is 1.54. The fourth-order valence-electron chi connectivity index (χ4n) is 4.82. The summed E-state index contributed by atoms with van der Waals surface area (Å²) in [5.41, 5.74) is 3.51. The van der Waals surface area contributed by atoms with Crippen molar-refractivity contribution in [1.29, 1.82) is 0 Å². The molecule has 0 amide bonds. The minimum atomic E-state index is -0.268. The van der Waals surface area contributed by atoms with Crippen molar-refractivity contribution in [3.05, 3.63) is 41.6 Å². The summed E-state index contributed by atoms with van der Waals surface area (Å²) < 4.78 is 16.6. The number of aromatic nitrogens is 1. The summed E-state index contributed by atoms with van der Waals surface area (Å²) in [6, 6.07) is 4.43. The van der Waals surface area contributed by atoms with E-state index in [-0.39, 0.29) is 17.6 Å². The summed E-state index contributed by atoms with van der Waals surface area (Å²) in [6.45, 7) is 9.07. The molecule has 158 valence electrons. The Hall–Kier alpha value is -2.05. The topological polar surface area (TPSA) is 68.0 Å². The quantitative estimate of drug-likeness (QED) is 0.819. The lowest BCUT2D eigenvalue weighted by Crippen LogP contribution is -2.48. The third-order valence-corrected chi connectivity index (χ3v) is 6.11. The van der Waals surface area contributed by atoms with Crippen molar-refractivity contribution in [2.75, 3.05) is 20.2 Å². The Morgan fingerprint density at radius 1 is 1.28 bits per heavy atom. The molecule has 6 nitrogen and oxygen atoms in total. The number of methoxy groups -OCH3 is 1. The minimum absolute atomic E-state index is 0.228. The molecule has 0 saturated carbocycles. The number of rotatable bonds is 5. The zero-order valence-corrected chi connectivity index (χ0v) is 17.9. The highest BCUT2D eigenvalue weighted by molar-refractivity contribution is 5.49. The average molecular weight is 401 g/mol. The molecule has 1 N–H and O–H groups in total. The van der Waals surface area contributed by atoms with Gasteiger partial charge in [-0.15, -0.1) is 0 Å². The van der Waals surface area contributed by atoms with Crippen LogP contribution in [0.4, 0.5) is 0 Å². The smallest absolute Gasteiger partial charge is 0.180 e. The van der Waals surface area contributed by atoms with E-state index < -0.39 is 0 Å². The Morgan fingerprint density at radius 2 is 2.10 bits per heavy atom. The molecule has 3 atom stereocenters. The molecule has 1 saturated heterocycles. The SMILES string of the molecule is COc1cc2c(cc1OCc1cocn1)CCN1C[C@@H](CC(C)(C)C)[C@H](O)C[C@H]21. The maximum absolute atomic E-state index is 10.9. The van der Waals surface area contributed by atoms with Crippen molar-refractivity contribution < 1.29 is 19.0 Å². The van der Waals surface area contributed by atoms with E-state index >= 15 is 0 Å². The van der Waals surface area contributed by atoms with Crippen molar-refractivity contribution in [2.24, 2.45) is 11.3 Å². The first-order chi connectivity index (χ1) is 13.8. The molecule has 0 radical (unpaired) electrons. The number of piperidine rings is 1. The van der Waals surface area contributed by atoms with Crippen LogP contribution < -0.4 is 9.47 Å². The Morgan fingerprint density at radius 3 is 2.79 bits per heavy atom. The molecule has 2 aliphatic rings. The van der Waals surface area contributed by atoms with Gasteiger partial charge in [-0.2, -0.15) is 0 Å². The normalized spacial score (nSPS) is 24.7. The van der Waals surface area contributed by atoms with Gasteiger partial charge in [0.05, 0.1) is 13.2 Å². The number of nitrogens with zero attached hydrogens (tertiary/aromatic N) is 2. The lowest BCUT2D eigenvalue weighted by atomic mass is 9.75. The Labute approximate surface area is 172 Å². The first kappa shape index (κ1) is 20.2. The fraction of sp³-hybridized carbons (Fsp3) is 0.609. The van der Waals surface area contributed by atoms with Crippen LogP contribution in [0.2, 0.25) is 0 Å². The van der Waals surface area contributed by atoms with Gasteiger partial charge in [-0.1, -0.05) is 20.8 Å². The summed E-state index contributed by atoms with van der Waals surface area (Å²) >= 11 is 0. The van der Waals surface area contributed by atoms with Crippen LogP contribution >= 0.6 is 0 Å². The monoisotopic (exact) mass is 400 g/mol. The van der Waals surface area contributed by atoms with Gasteiger partial charge in [0.2, 0.25) is 0 Å². The molecule has 29 heavy (non-hydrogen) atoms. The molecule has 1 aromatic carbocycles. The second-order valence-electron chi connectivity index (χ2n) is 9.56. The minimum Gasteiger partial charge on any atom is -0.493 e. The van der Waals surface area contributed by atoms with Crippen molar-refractivity contribution in [2.45, 2.75) is 58.8 Å². The zero-order valence-electron chi connectivity index (χ0n) is 17.9. The molecule has 2 aliphatic heterocycles. The van der Waals surface area contributed by atoms with Crippen molar-refractivity contribution in [1.82, 2.24) is 9.88 Å². The molecule has 6 heteroatoms. The van der Waals surface area contributed by atoms with Gasteiger partial charge in [0, 0.05) is 19.1 Å². The summed E-state index contributed by atoms with van der Waals surface area (Å²) in [7, 11) is 1.67. The number of hydrogen-bond donors (Lipinski definition) is 1. The molecular weight excluding hydrogens is 368 g/mol. The van der Waals surface area contributed by atoms with E-state index in [4.69, 9.17) is 13.9 Å². The lowest BCUT2D eigenvalue weighted by Gasteiger charge is -2.47. The average Bonchev–Trinajstić information content (AvgIpc) is 3.19. The Kier molecular flexibility index (Phi) is 5.58. The highest BCUT2D eigenvalue weighted by atomic mass is 16.5. The van der Waals surface area contributed by atoms with Gasteiger partial charge in [0.15, 0.2) is 17.9 Å². The van der Waals surface area contributed by atoms with Gasteiger partial charge in [-0.3, -0.25) is 4.90 Å². The summed E-state index contributed by atoms with van der Waals surface area (Å²) in [4.78, 5) is 6.64. The number of oxazole rings is 1. The first-order valence-corrected chi connectivity index (χ1v) is 10.5. The van der Waals surface area contributed by atoms with Crippen LogP contribution in [0.5, 0.6) is 11.5 Å². The fourth-order valence-corrected chi connectivity index (χ4v) is 4.82. The Bertz CT molecular complexity index is 828. The first-order valence-electron chi connectivity index (χ1n) is 10.5. The molecule has 0 bridgehead atoms. The second-order valence-corrected chi connectivity index (χ2v) is 9.56. The van der Waals surface area contributed by atoms with E-state index in [1.807, 2.05) is 0 Å². The molecule has 4 rings (SSSR count). The van der Waals surface area contributed by atoms with Gasteiger partial charge < -0.3 is 19.0 Å². The third-order valence-electron chi connectivity index (χ3n) is 6.11. The van der Waals surface area contributed by atoms with Crippen LogP contribution in [0.3, 0.4) is 0 Å². The summed E-state index contributed by atoms with van der Waals surface area (Å²) in [6.07, 6.45) is 5.52. The number of aliphatic hydroxyl groups is 1. The molecule has 3 heterocycles. The van der Waals surface area contributed by atoms with Crippen LogP contribution in [0.1, 0.15) is 56.5 Å². The van der Waals surface area contributed by atoms with Crippen LogP contribution in [0.25, 0.3) is 0 Å². The number of ether oxygens (including phenoxy) is 2. The number of hydrogen-bond acceptors (Lipinski definition) is 6. The van der Waals surface area contributed by atoms with Crippen molar-refractivity contribution >= 4 is 0 Å². The molecule has 0 unspecified atom stereocenters. The molecular formula is C23H32N2O4. The third kappa shape index (κ3) is 4.43. The maximum Gasteiger partial charge on any atom is 0.180 e. The van der Waals surface area contributed by atoms with E-state index in [9.17, 15) is 5.11 Å². The van der Waals surface area contributed by atoms with Gasteiger partial charge in [0.25, 0.3) is 0 Å². The van der Waals surface area contributed by atoms with E-state index in [1.165, 1.54) is 17.5 Å². The maximum atomic E-state index is 10.9. The van der Waals surface area contributed by atoms with E-state index in [2.05, 4.69) is 42.8 Å². The summed E-state index contributed by atoms with van der Waals surface area (Å²) in [5.74, 6) is 1.78. The molecule has 0 aliphatic carbocycles. The number of fused-ring (bicyclic) bond motifs is 3. The second kappa shape index (κ2) is 8.00. The van der Waals surface area contributed by atoms with Crippen LogP contribution in [0, 0.1) is 11.3 Å². The van der Waals surface area contributed by atoms with Crippen LogP contribution in [-0.2, 0) is 13.0 Å². The van der Waals surface area contributed by atoms with E-state index in [1.54, 1.807) is 13.4 Å². The van der Waals surface area contributed by atoms with Crippen LogP contribution in [0.15, 0.2) is 29.2 Å². The lowest BCUT2D eigenvalue weighted by molar-refractivity contribution is -0.0259. The molecule has 1 aromatic heterocycles. The van der Waals surface area contributed by atoms with E-state index in [0.29, 0.717) is 12.5 Å². The zero-order chi connectivity index (χ0) is 20.6. The van der Waals surface area contributed by atoms with Gasteiger partial charge in [-0.05, 0) is 53.9 Å². The molecule has 2 aromatic rings. The van der Waals surface area contributed by atoms with Crippen molar-refractivity contribution in [3.63, 3.8) is 0 Å².